The molecule has 5 nitrogen and oxygen atoms in total. The molecule has 1 aliphatic rings. The van der Waals surface area contributed by atoms with Crippen molar-refractivity contribution in [1.29, 1.82) is 0 Å². The summed E-state index contributed by atoms with van der Waals surface area (Å²) in [5.41, 5.74) is -0.493. The Labute approximate surface area is 116 Å². The van der Waals surface area contributed by atoms with Crippen LogP contribution >= 0.6 is 0 Å². The fourth-order valence-corrected chi connectivity index (χ4v) is 2.57. The van der Waals surface area contributed by atoms with Gasteiger partial charge in [-0.2, -0.15) is 0 Å². The summed E-state index contributed by atoms with van der Waals surface area (Å²) in [6, 6.07) is 3.07. The van der Waals surface area contributed by atoms with E-state index in [9.17, 15) is 19.3 Å². The highest BCUT2D eigenvalue weighted by Gasteiger charge is 2.31. The Morgan fingerprint density at radius 3 is 2.80 bits per heavy atom. The third-order valence-corrected chi connectivity index (χ3v) is 4.03. The van der Waals surface area contributed by atoms with Crippen LogP contribution in [0.5, 0.6) is 0 Å². The lowest BCUT2D eigenvalue weighted by molar-refractivity contribution is -0.384. The Hall–Kier alpha value is -1.98. The van der Waals surface area contributed by atoms with Gasteiger partial charge in [-0.1, -0.05) is 6.92 Å². The number of likely N-dealkylation sites (tertiary alicyclic amines) is 1. The molecule has 1 saturated heterocycles. The number of rotatable bonds is 2. The van der Waals surface area contributed by atoms with E-state index in [1.807, 2.05) is 13.8 Å². The Morgan fingerprint density at radius 2 is 2.15 bits per heavy atom. The van der Waals surface area contributed by atoms with E-state index in [0.717, 1.165) is 31.0 Å². The number of carbonyl (C=O) groups is 1. The number of benzene rings is 1. The van der Waals surface area contributed by atoms with Crippen molar-refractivity contribution in [3.8, 4) is 0 Å². The summed E-state index contributed by atoms with van der Waals surface area (Å²) in [5, 5.41) is 10.7. The lowest BCUT2D eigenvalue weighted by Crippen LogP contribution is -2.46. The molecule has 2 atom stereocenters. The van der Waals surface area contributed by atoms with Crippen molar-refractivity contribution in [2.75, 3.05) is 6.54 Å². The van der Waals surface area contributed by atoms with Gasteiger partial charge in [0.25, 0.3) is 11.6 Å². The van der Waals surface area contributed by atoms with Crippen molar-refractivity contribution in [3.63, 3.8) is 0 Å². The Balaban J connectivity index is 2.33. The molecule has 0 radical (unpaired) electrons. The van der Waals surface area contributed by atoms with Crippen LogP contribution in [0.25, 0.3) is 0 Å². The van der Waals surface area contributed by atoms with Crippen LogP contribution in [-0.2, 0) is 0 Å². The quantitative estimate of drug-likeness (QED) is 0.618. The number of amides is 1. The zero-order chi connectivity index (χ0) is 14.9. The summed E-state index contributed by atoms with van der Waals surface area (Å²) in [4.78, 5) is 24.1. The average Bonchev–Trinajstić information content (AvgIpc) is 2.41. The first-order valence-electron chi connectivity index (χ1n) is 6.66. The van der Waals surface area contributed by atoms with Gasteiger partial charge < -0.3 is 4.90 Å². The second kappa shape index (κ2) is 5.56. The van der Waals surface area contributed by atoms with Crippen molar-refractivity contribution in [2.24, 2.45) is 5.92 Å². The van der Waals surface area contributed by atoms with Crippen molar-refractivity contribution in [1.82, 2.24) is 4.90 Å². The second-order valence-electron chi connectivity index (χ2n) is 5.28. The molecule has 0 bridgehead atoms. The van der Waals surface area contributed by atoms with E-state index in [1.165, 1.54) is 0 Å². The first-order chi connectivity index (χ1) is 9.41. The number of hydrogen-bond acceptors (Lipinski definition) is 3. The van der Waals surface area contributed by atoms with Crippen LogP contribution in [0, 0.1) is 21.8 Å². The van der Waals surface area contributed by atoms with Gasteiger partial charge in [0.1, 0.15) is 5.82 Å². The number of piperidine rings is 1. The van der Waals surface area contributed by atoms with E-state index in [2.05, 4.69) is 0 Å². The van der Waals surface area contributed by atoms with Gasteiger partial charge in [-0.15, -0.1) is 0 Å². The largest absolute Gasteiger partial charge is 0.336 e. The minimum atomic E-state index is -0.717. The Bertz CT molecular complexity index is 547. The van der Waals surface area contributed by atoms with Gasteiger partial charge in [-0.05, 0) is 31.7 Å². The molecule has 1 fully saturated rings. The Kier molecular flexibility index (Phi) is 4.01. The maximum absolute atomic E-state index is 13.8. The number of nitrogens with zero attached hydrogens (tertiary/aromatic N) is 2. The normalized spacial score (nSPS) is 22.6. The van der Waals surface area contributed by atoms with Crippen LogP contribution in [0.3, 0.4) is 0 Å². The van der Waals surface area contributed by atoms with E-state index in [4.69, 9.17) is 0 Å². The third kappa shape index (κ3) is 2.64. The fourth-order valence-electron chi connectivity index (χ4n) is 2.57. The number of hydrogen-bond donors (Lipinski definition) is 0. The highest BCUT2D eigenvalue weighted by atomic mass is 19.1. The predicted octanol–water partition coefficient (Wildman–Crippen LogP) is 2.99. The molecule has 0 aliphatic carbocycles. The van der Waals surface area contributed by atoms with Gasteiger partial charge in [0.2, 0.25) is 0 Å². The van der Waals surface area contributed by atoms with E-state index in [0.29, 0.717) is 12.5 Å². The minimum Gasteiger partial charge on any atom is -0.336 e. The molecule has 1 aliphatic heterocycles. The molecule has 0 spiro atoms. The molecular weight excluding hydrogens is 263 g/mol. The molecule has 1 amide bonds. The van der Waals surface area contributed by atoms with E-state index >= 15 is 0 Å². The highest BCUT2D eigenvalue weighted by molar-refractivity contribution is 5.95. The van der Waals surface area contributed by atoms with Gasteiger partial charge in [-0.25, -0.2) is 4.39 Å². The maximum atomic E-state index is 13.8. The molecule has 1 aromatic carbocycles. The number of nitro groups is 1. The van der Waals surface area contributed by atoms with E-state index < -0.39 is 16.6 Å². The Morgan fingerprint density at radius 1 is 1.45 bits per heavy atom. The van der Waals surface area contributed by atoms with E-state index in [-0.39, 0.29) is 17.3 Å². The molecule has 1 heterocycles. The lowest BCUT2D eigenvalue weighted by Gasteiger charge is -2.38. The molecule has 2 unspecified atom stereocenters. The van der Waals surface area contributed by atoms with E-state index in [1.54, 1.807) is 4.90 Å². The van der Waals surface area contributed by atoms with Crippen molar-refractivity contribution >= 4 is 11.6 Å². The summed E-state index contributed by atoms with van der Waals surface area (Å²) in [7, 11) is 0. The molecule has 1 aromatic rings. The van der Waals surface area contributed by atoms with Crippen LogP contribution in [0.4, 0.5) is 10.1 Å². The van der Waals surface area contributed by atoms with Gasteiger partial charge in [0.15, 0.2) is 0 Å². The molecule has 6 heteroatoms. The second-order valence-corrected chi connectivity index (χ2v) is 5.28. The molecule has 20 heavy (non-hydrogen) atoms. The van der Waals surface area contributed by atoms with Crippen LogP contribution in [-0.4, -0.2) is 28.3 Å². The maximum Gasteiger partial charge on any atom is 0.270 e. The van der Waals surface area contributed by atoms with Crippen LogP contribution in [0.2, 0.25) is 0 Å². The summed E-state index contributed by atoms with van der Waals surface area (Å²) in [5.74, 6) is -0.842. The van der Waals surface area contributed by atoms with Gasteiger partial charge in [-0.3, -0.25) is 14.9 Å². The van der Waals surface area contributed by atoms with Crippen LogP contribution in [0.1, 0.15) is 37.0 Å². The topological polar surface area (TPSA) is 63.5 Å². The summed E-state index contributed by atoms with van der Waals surface area (Å²) in [6.45, 7) is 4.54. The van der Waals surface area contributed by atoms with Crippen molar-refractivity contribution < 1.29 is 14.1 Å². The zero-order valence-electron chi connectivity index (χ0n) is 11.5. The molecule has 0 aromatic heterocycles. The first-order valence-corrected chi connectivity index (χ1v) is 6.66. The summed E-state index contributed by atoms with van der Waals surface area (Å²) < 4.78 is 13.8. The van der Waals surface area contributed by atoms with Crippen LogP contribution < -0.4 is 0 Å². The first kappa shape index (κ1) is 14.4. The number of non-ortho nitro benzene ring substituents is 1. The third-order valence-electron chi connectivity index (χ3n) is 4.03. The molecule has 2 rings (SSSR count). The molecule has 108 valence electrons. The fraction of sp³-hybridized carbons (Fsp3) is 0.500. The van der Waals surface area contributed by atoms with Gasteiger partial charge >= 0.3 is 0 Å². The summed E-state index contributed by atoms with van der Waals surface area (Å²) in [6.07, 6.45) is 1.90. The monoisotopic (exact) mass is 280 g/mol. The van der Waals surface area contributed by atoms with Gasteiger partial charge in [0.05, 0.1) is 10.5 Å². The SMILES string of the molecule is CC1CCCN(C(=O)c2cc([N+](=O)[O-])ccc2F)C1C. The average molecular weight is 280 g/mol. The standard InChI is InChI=1S/C14H17FN2O3/c1-9-4-3-7-16(10(9)2)14(18)12-8-11(17(19)20)5-6-13(12)15/h5-6,8-10H,3-4,7H2,1-2H3. The number of halogens is 1. The zero-order valence-corrected chi connectivity index (χ0v) is 11.5. The molecular formula is C14H17FN2O3. The van der Waals surface area contributed by atoms with Gasteiger partial charge in [0, 0.05) is 24.7 Å². The summed E-state index contributed by atoms with van der Waals surface area (Å²) >= 11 is 0. The predicted molar refractivity (Wildman–Crippen MR) is 72.0 cm³/mol. The van der Waals surface area contributed by atoms with Crippen molar-refractivity contribution in [2.45, 2.75) is 32.7 Å². The number of nitro benzene ring substituents is 1. The molecule has 0 N–H and O–H groups in total. The molecule has 0 saturated carbocycles. The number of carbonyl (C=O) groups excluding carboxylic acids is 1. The minimum absolute atomic E-state index is 0.00918. The highest BCUT2D eigenvalue weighted by Crippen LogP contribution is 2.26. The smallest absolute Gasteiger partial charge is 0.270 e. The van der Waals surface area contributed by atoms with Crippen LogP contribution in [0.15, 0.2) is 18.2 Å². The lowest BCUT2D eigenvalue weighted by atomic mass is 9.91. The van der Waals surface area contributed by atoms with Crippen molar-refractivity contribution in [3.05, 3.63) is 39.7 Å².